The van der Waals surface area contributed by atoms with Crippen molar-refractivity contribution in [2.75, 3.05) is 0 Å². The highest BCUT2D eigenvalue weighted by Gasteiger charge is 2.31. The maximum absolute atomic E-state index is 5.77. The van der Waals surface area contributed by atoms with Gasteiger partial charge in [-0.2, -0.15) is 0 Å². The quantitative estimate of drug-likeness (QED) is 0.900. The molecule has 0 saturated heterocycles. The first-order chi connectivity index (χ1) is 9.31. The van der Waals surface area contributed by atoms with Crippen molar-refractivity contribution in [2.45, 2.75) is 74.9 Å². The third kappa shape index (κ3) is 2.97. The molecule has 0 bridgehead atoms. The fourth-order valence-corrected chi connectivity index (χ4v) is 4.30. The lowest BCUT2D eigenvalue weighted by atomic mass is 9.87. The van der Waals surface area contributed by atoms with Crippen LogP contribution in [0.15, 0.2) is 5.16 Å². The van der Waals surface area contributed by atoms with Crippen LogP contribution in [0.25, 0.3) is 0 Å². The second-order valence-corrected chi connectivity index (χ2v) is 7.14. The molecule has 1 heterocycles. The summed E-state index contributed by atoms with van der Waals surface area (Å²) in [6.07, 6.45) is 9.30. The highest BCUT2D eigenvalue weighted by atomic mass is 32.2. The average molecular weight is 280 g/mol. The van der Waals surface area contributed by atoms with Crippen LogP contribution in [0.2, 0.25) is 0 Å². The Morgan fingerprint density at radius 2 is 1.89 bits per heavy atom. The van der Waals surface area contributed by atoms with Crippen molar-refractivity contribution in [1.82, 2.24) is 14.8 Å². The van der Waals surface area contributed by atoms with Crippen molar-refractivity contribution < 1.29 is 0 Å². The molecule has 0 radical (unpaired) electrons. The van der Waals surface area contributed by atoms with Crippen LogP contribution < -0.4 is 5.73 Å². The van der Waals surface area contributed by atoms with Crippen LogP contribution in [0, 0.1) is 5.92 Å². The Morgan fingerprint density at radius 1 is 1.16 bits per heavy atom. The Balaban J connectivity index is 1.65. The van der Waals surface area contributed by atoms with Gasteiger partial charge in [0.2, 0.25) is 0 Å². The van der Waals surface area contributed by atoms with Gasteiger partial charge >= 0.3 is 0 Å². The van der Waals surface area contributed by atoms with Gasteiger partial charge < -0.3 is 10.3 Å². The molecule has 2 N–H and O–H groups in total. The number of thioether (sulfide) groups is 1. The van der Waals surface area contributed by atoms with Gasteiger partial charge in [0, 0.05) is 11.3 Å². The molecule has 2 fully saturated rings. The Kier molecular flexibility index (Phi) is 4.12. The van der Waals surface area contributed by atoms with Crippen LogP contribution in [0.1, 0.15) is 63.7 Å². The van der Waals surface area contributed by atoms with Crippen LogP contribution >= 0.6 is 11.8 Å². The molecule has 0 aromatic carbocycles. The maximum atomic E-state index is 5.77. The van der Waals surface area contributed by atoms with E-state index in [0.717, 1.165) is 22.1 Å². The van der Waals surface area contributed by atoms with Gasteiger partial charge in [0.1, 0.15) is 5.82 Å². The Bertz CT molecular complexity index is 419. The minimum absolute atomic E-state index is 0.507. The standard InChI is InChI=1S/C14H24N4S/c1-2-10-3-7-12(8-4-10)19-14-17-16-13(9-15)18(14)11-5-6-11/h10-12H,2-9,15H2,1H3. The minimum atomic E-state index is 0.507. The van der Waals surface area contributed by atoms with Crippen LogP contribution in [-0.2, 0) is 6.54 Å². The maximum Gasteiger partial charge on any atom is 0.191 e. The van der Waals surface area contributed by atoms with Gasteiger partial charge in [-0.25, -0.2) is 0 Å². The summed E-state index contributed by atoms with van der Waals surface area (Å²) in [5.74, 6) is 1.92. The highest BCUT2D eigenvalue weighted by molar-refractivity contribution is 7.99. The van der Waals surface area contributed by atoms with Gasteiger partial charge in [0.15, 0.2) is 5.16 Å². The number of hydrogen-bond acceptors (Lipinski definition) is 4. The van der Waals surface area contributed by atoms with E-state index in [9.17, 15) is 0 Å². The molecule has 19 heavy (non-hydrogen) atoms. The number of hydrogen-bond donors (Lipinski definition) is 1. The molecule has 0 aliphatic heterocycles. The molecular formula is C14H24N4S. The predicted molar refractivity (Wildman–Crippen MR) is 78.1 cm³/mol. The van der Waals surface area contributed by atoms with Crippen molar-refractivity contribution in [1.29, 1.82) is 0 Å². The monoisotopic (exact) mass is 280 g/mol. The summed E-state index contributed by atoms with van der Waals surface area (Å²) in [5.41, 5.74) is 5.77. The summed E-state index contributed by atoms with van der Waals surface area (Å²) in [5, 5.41) is 10.5. The summed E-state index contributed by atoms with van der Waals surface area (Å²) in [4.78, 5) is 0. The van der Waals surface area contributed by atoms with Gasteiger partial charge in [0.05, 0.1) is 6.54 Å². The van der Waals surface area contributed by atoms with E-state index in [2.05, 4.69) is 21.7 Å². The number of rotatable bonds is 5. The molecule has 0 unspecified atom stereocenters. The van der Waals surface area contributed by atoms with Crippen molar-refractivity contribution in [3.63, 3.8) is 0 Å². The van der Waals surface area contributed by atoms with Crippen LogP contribution in [-0.4, -0.2) is 20.0 Å². The molecule has 2 aliphatic rings. The summed E-state index contributed by atoms with van der Waals surface area (Å²) in [6, 6.07) is 0.628. The Morgan fingerprint density at radius 3 is 2.47 bits per heavy atom. The SMILES string of the molecule is CCC1CCC(Sc2nnc(CN)n2C2CC2)CC1. The van der Waals surface area contributed by atoms with Crippen molar-refractivity contribution >= 4 is 11.8 Å². The molecule has 3 rings (SSSR count). The van der Waals surface area contributed by atoms with Gasteiger partial charge in [-0.15, -0.1) is 10.2 Å². The highest BCUT2D eigenvalue weighted by Crippen LogP contribution is 2.42. The first kappa shape index (κ1) is 13.4. The van der Waals surface area contributed by atoms with E-state index in [-0.39, 0.29) is 0 Å². The first-order valence-corrected chi connectivity index (χ1v) is 8.50. The molecule has 0 amide bonds. The van der Waals surface area contributed by atoms with E-state index in [0.29, 0.717) is 12.6 Å². The van der Waals surface area contributed by atoms with Gasteiger partial charge in [-0.3, -0.25) is 0 Å². The lowest BCUT2D eigenvalue weighted by Crippen LogP contribution is -2.16. The third-order valence-electron chi connectivity index (χ3n) is 4.47. The predicted octanol–water partition coefficient (Wildman–Crippen LogP) is 3.13. The summed E-state index contributed by atoms with van der Waals surface area (Å²) in [6.45, 7) is 2.82. The number of nitrogens with zero attached hydrogens (tertiary/aromatic N) is 3. The lowest BCUT2D eigenvalue weighted by molar-refractivity contribution is 0.356. The Hall–Kier alpha value is -0.550. The van der Waals surface area contributed by atoms with Crippen molar-refractivity contribution in [3.05, 3.63) is 5.82 Å². The van der Waals surface area contributed by atoms with Crippen LogP contribution in [0.4, 0.5) is 0 Å². The fourth-order valence-electron chi connectivity index (χ4n) is 3.03. The zero-order valence-electron chi connectivity index (χ0n) is 11.7. The topological polar surface area (TPSA) is 56.7 Å². The second-order valence-electron chi connectivity index (χ2n) is 5.87. The average Bonchev–Trinajstić information content (AvgIpc) is 3.21. The van der Waals surface area contributed by atoms with E-state index < -0.39 is 0 Å². The minimum Gasteiger partial charge on any atom is -0.324 e. The Labute approximate surface area is 119 Å². The fraction of sp³-hybridized carbons (Fsp3) is 0.857. The molecule has 2 saturated carbocycles. The largest absolute Gasteiger partial charge is 0.324 e. The van der Waals surface area contributed by atoms with Gasteiger partial charge in [-0.05, 0) is 44.4 Å². The molecule has 2 aliphatic carbocycles. The summed E-state index contributed by atoms with van der Waals surface area (Å²) in [7, 11) is 0. The lowest BCUT2D eigenvalue weighted by Gasteiger charge is -2.27. The zero-order valence-corrected chi connectivity index (χ0v) is 12.5. The van der Waals surface area contributed by atoms with E-state index in [1.165, 1.54) is 44.9 Å². The van der Waals surface area contributed by atoms with Crippen molar-refractivity contribution in [2.24, 2.45) is 11.7 Å². The zero-order chi connectivity index (χ0) is 13.2. The summed E-state index contributed by atoms with van der Waals surface area (Å²) >= 11 is 1.94. The smallest absolute Gasteiger partial charge is 0.191 e. The molecular weight excluding hydrogens is 256 g/mol. The van der Waals surface area contributed by atoms with Crippen LogP contribution in [0.3, 0.4) is 0 Å². The summed E-state index contributed by atoms with van der Waals surface area (Å²) < 4.78 is 2.30. The molecule has 1 aromatic rings. The molecule has 106 valence electrons. The molecule has 5 heteroatoms. The van der Waals surface area contributed by atoms with Crippen molar-refractivity contribution in [3.8, 4) is 0 Å². The van der Waals surface area contributed by atoms with E-state index in [1.54, 1.807) is 0 Å². The molecule has 0 atom stereocenters. The number of aromatic nitrogens is 3. The van der Waals surface area contributed by atoms with Gasteiger partial charge in [0.25, 0.3) is 0 Å². The third-order valence-corrected chi connectivity index (χ3v) is 5.77. The molecule has 4 nitrogen and oxygen atoms in total. The molecule has 1 aromatic heterocycles. The van der Waals surface area contributed by atoms with E-state index in [1.807, 2.05) is 11.8 Å². The second kappa shape index (κ2) is 5.83. The van der Waals surface area contributed by atoms with E-state index in [4.69, 9.17) is 5.73 Å². The van der Waals surface area contributed by atoms with E-state index >= 15 is 0 Å². The van der Waals surface area contributed by atoms with Gasteiger partial charge in [-0.1, -0.05) is 25.1 Å². The molecule has 0 spiro atoms. The number of nitrogens with two attached hydrogens (primary N) is 1. The first-order valence-electron chi connectivity index (χ1n) is 7.62. The normalized spacial score (nSPS) is 27.7. The van der Waals surface area contributed by atoms with Crippen LogP contribution in [0.5, 0.6) is 0 Å².